The van der Waals surface area contributed by atoms with Gasteiger partial charge >= 0.3 is 0 Å². The summed E-state index contributed by atoms with van der Waals surface area (Å²) >= 11 is 0. The van der Waals surface area contributed by atoms with E-state index in [0.717, 1.165) is 28.7 Å². The zero-order valence-corrected chi connectivity index (χ0v) is 11.7. The van der Waals surface area contributed by atoms with E-state index in [9.17, 15) is 0 Å². The molecular formula is C17H17N3. The number of imidazole rings is 1. The first-order valence-corrected chi connectivity index (χ1v) is 6.69. The number of benzene rings is 2. The van der Waals surface area contributed by atoms with Gasteiger partial charge in [0.2, 0.25) is 5.95 Å². The van der Waals surface area contributed by atoms with Crippen LogP contribution in [-0.4, -0.2) is 9.55 Å². The Labute approximate surface area is 118 Å². The maximum absolute atomic E-state index is 4.63. The Morgan fingerprint density at radius 1 is 0.850 bits per heavy atom. The minimum absolute atomic E-state index is 0.845. The molecule has 0 fully saturated rings. The van der Waals surface area contributed by atoms with Crippen LogP contribution < -0.4 is 5.32 Å². The molecule has 0 bridgehead atoms. The molecule has 0 spiro atoms. The van der Waals surface area contributed by atoms with Gasteiger partial charge in [-0.1, -0.05) is 36.4 Å². The molecule has 3 heteroatoms. The van der Waals surface area contributed by atoms with Crippen molar-refractivity contribution in [1.82, 2.24) is 9.55 Å². The number of anilines is 2. The van der Waals surface area contributed by atoms with Crippen LogP contribution in [0.25, 0.3) is 5.69 Å². The molecule has 3 rings (SSSR count). The van der Waals surface area contributed by atoms with Crippen LogP contribution >= 0.6 is 0 Å². The maximum Gasteiger partial charge on any atom is 0.212 e. The lowest BCUT2D eigenvalue weighted by atomic mass is 10.3. The van der Waals surface area contributed by atoms with Crippen molar-refractivity contribution in [2.45, 2.75) is 13.8 Å². The Balaban J connectivity index is 2.06. The monoisotopic (exact) mass is 263 g/mol. The highest BCUT2D eigenvalue weighted by Crippen LogP contribution is 2.23. The largest absolute Gasteiger partial charge is 0.325 e. The third kappa shape index (κ3) is 2.30. The van der Waals surface area contributed by atoms with Gasteiger partial charge in [-0.15, -0.1) is 0 Å². The van der Waals surface area contributed by atoms with Crippen molar-refractivity contribution < 1.29 is 0 Å². The number of aromatic nitrogens is 2. The van der Waals surface area contributed by atoms with Crippen molar-refractivity contribution in [3.63, 3.8) is 0 Å². The van der Waals surface area contributed by atoms with Gasteiger partial charge in [0.05, 0.1) is 5.69 Å². The van der Waals surface area contributed by atoms with Crippen LogP contribution in [0.3, 0.4) is 0 Å². The highest BCUT2D eigenvalue weighted by atomic mass is 15.2. The average molecular weight is 263 g/mol. The molecule has 0 saturated heterocycles. The summed E-state index contributed by atoms with van der Waals surface area (Å²) in [6.45, 7) is 4.12. The first kappa shape index (κ1) is 12.5. The minimum atomic E-state index is 0.845. The third-order valence-corrected chi connectivity index (χ3v) is 3.39. The average Bonchev–Trinajstić information content (AvgIpc) is 2.76. The quantitative estimate of drug-likeness (QED) is 0.766. The van der Waals surface area contributed by atoms with Gasteiger partial charge in [0.15, 0.2) is 0 Å². The van der Waals surface area contributed by atoms with Crippen molar-refractivity contribution in [3.05, 3.63) is 72.1 Å². The molecule has 0 saturated carbocycles. The van der Waals surface area contributed by atoms with Crippen LogP contribution in [0.1, 0.15) is 11.4 Å². The molecule has 0 unspecified atom stereocenters. The predicted molar refractivity (Wildman–Crippen MR) is 82.8 cm³/mol. The van der Waals surface area contributed by atoms with E-state index in [1.54, 1.807) is 0 Å². The Bertz CT molecular complexity index is 700. The van der Waals surface area contributed by atoms with E-state index in [-0.39, 0.29) is 0 Å². The summed E-state index contributed by atoms with van der Waals surface area (Å²) in [6, 6.07) is 20.4. The summed E-state index contributed by atoms with van der Waals surface area (Å²) in [5, 5.41) is 3.38. The predicted octanol–water partition coefficient (Wildman–Crippen LogP) is 4.23. The Hall–Kier alpha value is -2.55. The van der Waals surface area contributed by atoms with Gasteiger partial charge in [0, 0.05) is 17.1 Å². The summed E-state index contributed by atoms with van der Waals surface area (Å²) in [7, 11) is 0. The van der Waals surface area contributed by atoms with Crippen LogP contribution in [0.15, 0.2) is 60.7 Å². The summed E-state index contributed by atoms with van der Waals surface area (Å²) in [6.07, 6.45) is 0. The van der Waals surface area contributed by atoms with Crippen molar-refractivity contribution in [2.24, 2.45) is 0 Å². The van der Waals surface area contributed by atoms with Gasteiger partial charge in [0.25, 0.3) is 0 Å². The number of nitrogens with zero attached hydrogens (tertiary/aromatic N) is 2. The highest BCUT2D eigenvalue weighted by Gasteiger charge is 2.12. The first-order valence-electron chi connectivity index (χ1n) is 6.69. The molecule has 3 nitrogen and oxygen atoms in total. The molecule has 0 aliphatic rings. The second-order valence-corrected chi connectivity index (χ2v) is 4.77. The zero-order valence-electron chi connectivity index (χ0n) is 11.7. The molecule has 0 amide bonds. The van der Waals surface area contributed by atoms with E-state index in [0.29, 0.717) is 0 Å². The van der Waals surface area contributed by atoms with E-state index < -0.39 is 0 Å². The molecule has 3 aromatic rings. The van der Waals surface area contributed by atoms with Crippen LogP contribution in [0, 0.1) is 13.8 Å². The van der Waals surface area contributed by atoms with Crippen molar-refractivity contribution in [2.75, 3.05) is 5.32 Å². The van der Waals surface area contributed by atoms with Gasteiger partial charge in [-0.05, 0) is 38.1 Å². The van der Waals surface area contributed by atoms with Crippen LogP contribution in [0.5, 0.6) is 0 Å². The van der Waals surface area contributed by atoms with E-state index in [4.69, 9.17) is 0 Å². The Morgan fingerprint density at radius 2 is 1.45 bits per heavy atom. The summed E-state index contributed by atoms with van der Waals surface area (Å²) in [5.74, 6) is 0.845. The van der Waals surface area contributed by atoms with E-state index in [1.165, 1.54) is 0 Å². The van der Waals surface area contributed by atoms with E-state index in [2.05, 4.69) is 33.9 Å². The maximum atomic E-state index is 4.63. The number of para-hydroxylation sites is 2. The minimum Gasteiger partial charge on any atom is -0.325 e. The molecule has 100 valence electrons. The van der Waals surface area contributed by atoms with E-state index >= 15 is 0 Å². The molecule has 1 aromatic heterocycles. The zero-order chi connectivity index (χ0) is 13.9. The fourth-order valence-corrected chi connectivity index (χ4v) is 2.24. The molecule has 1 N–H and O–H groups in total. The number of hydrogen-bond acceptors (Lipinski definition) is 2. The number of nitrogens with one attached hydrogen (secondary N) is 1. The molecule has 0 aliphatic heterocycles. The second kappa shape index (κ2) is 5.21. The molecule has 0 radical (unpaired) electrons. The smallest absolute Gasteiger partial charge is 0.212 e. The molecular weight excluding hydrogens is 246 g/mol. The van der Waals surface area contributed by atoms with Crippen LogP contribution in [0.2, 0.25) is 0 Å². The molecule has 2 aromatic carbocycles. The van der Waals surface area contributed by atoms with Crippen molar-refractivity contribution >= 4 is 11.6 Å². The lowest BCUT2D eigenvalue weighted by Crippen LogP contribution is -2.03. The van der Waals surface area contributed by atoms with Crippen LogP contribution in [0.4, 0.5) is 11.6 Å². The fourth-order valence-electron chi connectivity index (χ4n) is 2.24. The van der Waals surface area contributed by atoms with Gasteiger partial charge in [-0.2, -0.15) is 0 Å². The van der Waals surface area contributed by atoms with Crippen molar-refractivity contribution in [1.29, 1.82) is 0 Å². The van der Waals surface area contributed by atoms with Crippen molar-refractivity contribution in [3.8, 4) is 5.69 Å². The van der Waals surface area contributed by atoms with E-state index in [1.807, 2.05) is 55.5 Å². The lowest BCUT2D eigenvalue weighted by molar-refractivity contribution is 1.01. The molecule has 0 atom stereocenters. The molecule has 20 heavy (non-hydrogen) atoms. The summed E-state index contributed by atoms with van der Waals surface area (Å²) in [5.41, 5.74) is 4.33. The first-order chi connectivity index (χ1) is 9.75. The topological polar surface area (TPSA) is 29.9 Å². The third-order valence-electron chi connectivity index (χ3n) is 3.39. The molecule has 1 heterocycles. The number of hydrogen-bond donors (Lipinski definition) is 1. The molecule has 0 aliphatic carbocycles. The number of aryl methyl sites for hydroxylation is 1. The summed E-state index contributed by atoms with van der Waals surface area (Å²) in [4.78, 5) is 4.63. The lowest BCUT2D eigenvalue weighted by Gasteiger charge is -2.11. The van der Waals surface area contributed by atoms with Crippen LogP contribution in [-0.2, 0) is 0 Å². The second-order valence-electron chi connectivity index (χ2n) is 4.77. The number of rotatable bonds is 3. The van der Waals surface area contributed by atoms with Gasteiger partial charge in [-0.25, -0.2) is 4.98 Å². The highest BCUT2D eigenvalue weighted by molar-refractivity contribution is 5.57. The van der Waals surface area contributed by atoms with Gasteiger partial charge in [-0.3, -0.25) is 4.57 Å². The standard InChI is InChI=1S/C17H17N3/c1-13-14(2)20(16-11-7-4-8-12-16)17(18-13)19-15-9-5-3-6-10-15/h3-12H,1-2H3,(H,18,19). The Morgan fingerprint density at radius 3 is 2.10 bits per heavy atom. The Kier molecular flexibility index (Phi) is 3.25. The fraction of sp³-hybridized carbons (Fsp3) is 0.118. The SMILES string of the molecule is Cc1nc(Nc2ccccc2)n(-c2ccccc2)c1C. The normalized spacial score (nSPS) is 10.5. The van der Waals surface area contributed by atoms with Gasteiger partial charge < -0.3 is 5.32 Å². The summed E-state index contributed by atoms with van der Waals surface area (Å²) < 4.78 is 2.14. The van der Waals surface area contributed by atoms with Gasteiger partial charge in [0.1, 0.15) is 0 Å².